The summed E-state index contributed by atoms with van der Waals surface area (Å²) in [7, 11) is 7.34. The Labute approximate surface area is 279 Å². The molecule has 220 valence electrons. The summed E-state index contributed by atoms with van der Waals surface area (Å²) >= 11 is 0. The molecular formula is C40H30OS4. The van der Waals surface area contributed by atoms with Gasteiger partial charge in [0.15, 0.2) is 0 Å². The molecule has 8 rings (SSSR count). The molecule has 0 saturated heterocycles. The van der Waals surface area contributed by atoms with Crippen molar-refractivity contribution in [1.29, 1.82) is 0 Å². The van der Waals surface area contributed by atoms with Gasteiger partial charge in [-0.05, 0) is 67.4 Å². The molecule has 0 amide bonds. The Morgan fingerprint density at radius 2 is 0.422 bits per heavy atom. The summed E-state index contributed by atoms with van der Waals surface area (Å²) in [4.78, 5) is 5.26. The highest BCUT2D eigenvalue weighted by Gasteiger charge is 2.07. The summed E-state index contributed by atoms with van der Waals surface area (Å²) < 4.78 is 0. The smallest absolute Gasteiger partial charge is 0.0264 e. The summed E-state index contributed by atoms with van der Waals surface area (Å²) in [6, 6.07) is 60.3. The molecule has 0 radical (unpaired) electrons. The first-order chi connectivity index (χ1) is 21.8. The second kappa shape index (κ2) is 15.0. The van der Waals surface area contributed by atoms with Crippen LogP contribution in [0.3, 0.4) is 0 Å². The van der Waals surface area contributed by atoms with E-state index in [4.69, 9.17) is 0 Å². The highest BCUT2D eigenvalue weighted by Crippen LogP contribution is 2.44. The summed E-state index contributed by atoms with van der Waals surface area (Å²) in [5.74, 6) is 0. The zero-order valence-electron chi connectivity index (χ0n) is 24.3. The van der Waals surface area contributed by atoms with Crippen molar-refractivity contribution in [3.63, 3.8) is 0 Å². The predicted molar refractivity (Wildman–Crippen MR) is 203 cm³/mol. The summed E-state index contributed by atoms with van der Waals surface area (Å²) in [6.45, 7) is 0. The Bertz CT molecular complexity index is 1870. The lowest BCUT2D eigenvalue weighted by Crippen LogP contribution is -1.77. The predicted octanol–water partition coefficient (Wildman–Crippen LogP) is 12.8. The second-order valence-corrected chi connectivity index (χ2v) is 14.7. The molecule has 0 spiro atoms. The minimum Gasteiger partial charge on any atom is -0.412 e. The normalized spacial score (nSPS) is 10.8. The van der Waals surface area contributed by atoms with Crippen LogP contribution in [0.1, 0.15) is 0 Å². The summed E-state index contributed by atoms with van der Waals surface area (Å²) in [5, 5.41) is 10.5. The van der Waals surface area contributed by atoms with Crippen molar-refractivity contribution in [1.82, 2.24) is 0 Å². The molecular weight excluding hydrogens is 625 g/mol. The van der Waals surface area contributed by atoms with Gasteiger partial charge < -0.3 is 5.48 Å². The first-order valence-corrected chi connectivity index (χ1v) is 18.7. The third-order valence-electron chi connectivity index (χ3n) is 7.44. The van der Waals surface area contributed by atoms with Crippen LogP contribution in [0.4, 0.5) is 0 Å². The van der Waals surface area contributed by atoms with Crippen LogP contribution >= 0.6 is 43.2 Å². The molecule has 5 heteroatoms. The topological polar surface area (TPSA) is 31.5 Å². The summed E-state index contributed by atoms with van der Waals surface area (Å²) in [6.07, 6.45) is 0. The largest absolute Gasteiger partial charge is 0.412 e. The Hall–Kier alpha value is -3.84. The molecule has 2 N–H and O–H groups in total. The fourth-order valence-corrected chi connectivity index (χ4v) is 10.1. The maximum atomic E-state index is 2.20. The third-order valence-corrected chi connectivity index (χ3v) is 12.4. The molecule has 0 atom stereocenters. The van der Waals surface area contributed by atoms with Crippen LogP contribution in [0.25, 0.3) is 43.1 Å². The van der Waals surface area contributed by atoms with Gasteiger partial charge in [0.1, 0.15) is 0 Å². The maximum absolute atomic E-state index is 2.20. The Morgan fingerprint density at radius 3 is 0.667 bits per heavy atom. The second-order valence-electron chi connectivity index (χ2n) is 10.2. The van der Waals surface area contributed by atoms with Crippen molar-refractivity contribution in [2.75, 3.05) is 0 Å². The Morgan fingerprint density at radius 1 is 0.222 bits per heavy atom. The third kappa shape index (κ3) is 7.19. The Kier molecular flexibility index (Phi) is 10.4. The first-order valence-electron chi connectivity index (χ1n) is 14.4. The van der Waals surface area contributed by atoms with Crippen LogP contribution in [-0.2, 0) is 0 Å². The standard InChI is InChI=1S/2C20H14S2.H2O/c2*1-3-11-17-15(7-1)9-5-13-19(17)21-22-20-14-6-10-16-8-2-4-12-18(16)20;/h2*1-14H;1H2. The summed E-state index contributed by atoms with van der Waals surface area (Å²) in [5.41, 5.74) is 0. The fourth-order valence-electron chi connectivity index (χ4n) is 5.25. The molecule has 0 aliphatic rings. The highest BCUT2D eigenvalue weighted by molar-refractivity contribution is 8.77. The van der Waals surface area contributed by atoms with Crippen LogP contribution < -0.4 is 0 Å². The van der Waals surface area contributed by atoms with Gasteiger partial charge in [-0.15, -0.1) is 0 Å². The molecule has 0 aliphatic heterocycles. The van der Waals surface area contributed by atoms with Gasteiger partial charge in [0.25, 0.3) is 0 Å². The molecule has 0 fully saturated rings. The van der Waals surface area contributed by atoms with Crippen LogP contribution in [0.15, 0.2) is 189 Å². The molecule has 0 bridgehead atoms. The van der Waals surface area contributed by atoms with E-state index < -0.39 is 0 Å². The zero-order valence-corrected chi connectivity index (χ0v) is 27.6. The van der Waals surface area contributed by atoms with Crippen molar-refractivity contribution < 1.29 is 5.48 Å². The van der Waals surface area contributed by atoms with Crippen LogP contribution in [0, 0.1) is 0 Å². The van der Waals surface area contributed by atoms with Gasteiger partial charge in [0, 0.05) is 19.6 Å². The van der Waals surface area contributed by atoms with Crippen LogP contribution in [0.5, 0.6) is 0 Å². The van der Waals surface area contributed by atoms with E-state index in [1.54, 1.807) is 0 Å². The van der Waals surface area contributed by atoms with E-state index in [-0.39, 0.29) is 5.48 Å². The van der Waals surface area contributed by atoms with Gasteiger partial charge in [0.05, 0.1) is 0 Å². The number of benzene rings is 8. The van der Waals surface area contributed by atoms with Crippen molar-refractivity contribution in [2.45, 2.75) is 19.6 Å². The van der Waals surface area contributed by atoms with E-state index in [1.807, 2.05) is 43.2 Å². The van der Waals surface area contributed by atoms with Gasteiger partial charge >= 0.3 is 0 Å². The lowest BCUT2D eigenvalue weighted by molar-refractivity contribution is 0.824. The van der Waals surface area contributed by atoms with Gasteiger partial charge in [-0.2, -0.15) is 0 Å². The van der Waals surface area contributed by atoms with Crippen molar-refractivity contribution in [2.24, 2.45) is 0 Å². The number of rotatable bonds is 6. The van der Waals surface area contributed by atoms with Gasteiger partial charge in [0.2, 0.25) is 0 Å². The SMILES string of the molecule is O.c1ccc2c(SSc3cccc4ccccc34)cccc2c1.c1ccc2c(SSc3cccc4ccccc34)cccc2c1. The molecule has 8 aromatic carbocycles. The van der Waals surface area contributed by atoms with E-state index in [9.17, 15) is 0 Å². The number of hydrogen-bond acceptors (Lipinski definition) is 4. The van der Waals surface area contributed by atoms with Gasteiger partial charge in [-0.3, -0.25) is 0 Å². The van der Waals surface area contributed by atoms with E-state index in [1.165, 1.54) is 62.7 Å². The average Bonchev–Trinajstić information content (AvgIpc) is 3.10. The maximum Gasteiger partial charge on any atom is 0.0264 e. The quantitative estimate of drug-likeness (QED) is 0.167. The van der Waals surface area contributed by atoms with E-state index in [0.29, 0.717) is 0 Å². The van der Waals surface area contributed by atoms with Crippen LogP contribution in [-0.4, -0.2) is 5.48 Å². The monoisotopic (exact) mass is 654 g/mol. The average molecular weight is 655 g/mol. The van der Waals surface area contributed by atoms with E-state index >= 15 is 0 Å². The van der Waals surface area contributed by atoms with E-state index in [0.717, 1.165) is 0 Å². The van der Waals surface area contributed by atoms with Crippen molar-refractivity contribution in [3.8, 4) is 0 Å². The molecule has 0 heterocycles. The highest BCUT2D eigenvalue weighted by atomic mass is 33.1. The molecule has 0 aliphatic carbocycles. The molecule has 1 nitrogen and oxygen atoms in total. The van der Waals surface area contributed by atoms with Crippen molar-refractivity contribution in [3.05, 3.63) is 170 Å². The lowest BCUT2D eigenvalue weighted by Gasteiger charge is -2.08. The molecule has 0 aromatic heterocycles. The zero-order chi connectivity index (χ0) is 29.6. The van der Waals surface area contributed by atoms with Crippen LogP contribution in [0.2, 0.25) is 0 Å². The lowest BCUT2D eigenvalue weighted by atomic mass is 10.1. The number of hydrogen-bond donors (Lipinski definition) is 0. The minimum atomic E-state index is 0. The molecule has 0 saturated carbocycles. The van der Waals surface area contributed by atoms with Crippen molar-refractivity contribution >= 4 is 86.3 Å². The number of fused-ring (bicyclic) bond motifs is 4. The molecule has 0 unspecified atom stereocenters. The minimum absolute atomic E-state index is 0. The molecule has 8 aromatic rings. The van der Waals surface area contributed by atoms with Gasteiger partial charge in [-0.1, -0.05) is 189 Å². The van der Waals surface area contributed by atoms with Gasteiger partial charge in [-0.25, -0.2) is 0 Å². The Balaban J connectivity index is 0.000000155. The van der Waals surface area contributed by atoms with E-state index in [2.05, 4.69) is 170 Å². The molecule has 45 heavy (non-hydrogen) atoms. The first kappa shape index (κ1) is 31.2. The fraction of sp³-hybridized carbons (Fsp3) is 0.